The summed E-state index contributed by atoms with van der Waals surface area (Å²) >= 11 is 12.5. The van der Waals surface area contributed by atoms with Gasteiger partial charge in [-0.25, -0.2) is 9.97 Å². The molecule has 4 rings (SSSR count). The van der Waals surface area contributed by atoms with Crippen LogP contribution < -0.4 is 10.6 Å². The summed E-state index contributed by atoms with van der Waals surface area (Å²) in [5, 5.41) is 10.9. The van der Waals surface area contributed by atoms with Gasteiger partial charge in [-0.05, 0) is 31.7 Å². The zero-order chi connectivity index (χ0) is 20.8. The summed E-state index contributed by atoms with van der Waals surface area (Å²) in [5.41, 5.74) is 8.80. The van der Waals surface area contributed by atoms with Gasteiger partial charge in [-0.1, -0.05) is 42.3 Å². The van der Waals surface area contributed by atoms with Crippen LogP contribution in [0.2, 0.25) is 10.0 Å². The van der Waals surface area contributed by atoms with Gasteiger partial charge in [0.1, 0.15) is 5.69 Å². The van der Waals surface area contributed by atoms with Crippen LogP contribution in [-0.4, -0.2) is 46.4 Å². The summed E-state index contributed by atoms with van der Waals surface area (Å²) in [6.07, 6.45) is 1.68. The first kappa shape index (κ1) is 20.8. The van der Waals surface area contributed by atoms with Crippen molar-refractivity contribution < 1.29 is 9.84 Å². The minimum absolute atomic E-state index is 0.0575. The molecule has 29 heavy (non-hydrogen) atoms. The Labute approximate surface area is 181 Å². The maximum Gasteiger partial charge on any atom is 0.153 e. The van der Waals surface area contributed by atoms with Crippen LogP contribution in [0.1, 0.15) is 31.2 Å². The SMILES string of the molecule is Cc1nc(N2CCC3(CC2)OC[C@@H](C)[C@H]3N)c(CO)nc1-c1cccc(Cl)c1Cl. The van der Waals surface area contributed by atoms with E-state index in [0.717, 1.165) is 38.2 Å². The molecular weight excluding hydrogens is 411 g/mol. The normalized spacial score (nSPS) is 23.7. The van der Waals surface area contributed by atoms with Crippen LogP contribution >= 0.6 is 23.2 Å². The van der Waals surface area contributed by atoms with Gasteiger partial charge in [0, 0.05) is 24.7 Å². The molecule has 0 radical (unpaired) electrons. The summed E-state index contributed by atoms with van der Waals surface area (Å²) < 4.78 is 6.11. The van der Waals surface area contributed by atoms with Crippen molar-refractivity contribution in [2.75, 3.05) is 24.6 Å². The van der Waals surface area contributed by atoms with E-state index >= 15 is 0 Å². The predicted molar refractivity (Wildman–Crippen MR) is 115 cm³/mol. The third kappa shape index (κ3) is 3.62. The number of nitrogens with two attached hydrogens (primary N) is 1. The van der Waals surface area contributed by atoms with Gasteiger partial charge in [-0.15, -0.1) is 0 Å². The van der Waals surface area contributed by atoms with Crippen LogP contribution in [0.5, 0.6) is 0 Å². The summed E-state index contributed by atoms with van der Waals surface area (Å²) in [6.45, 7) is 6.08. The van der Waals surface area contributed by atoms with Gasteiger partial charge >= 0.3 is 0 Å². The Balaban J connectivity index is 1.63. The number of halogens is 2. The van der Waals surface area contributed by atoms with E-state index in [1.165, 1.54) is 0 Å². The number of piperidine rings is 1. The zero-order valence-electron chi connectivity index (χ0n) is 16.7. The summed E-state index contributed by atoms with van der Waals surface area (Å²) in [5.74, 6) is 1.08. The van der Waals surface area contributed by atoms with Crippen LogP contribution in [0, 0.1) is 12.8 Å². The molecule has 0 aliphatic carbocycles. The number of aliphatic hydroxyl groups excluding tert-OH is 1. The van der Waals surface area contributed by atoms with Gasteiger partial charge in [0.15, 0.2) is 5.82 Å². The molecule has 1 aromatic heterocycles. The zero-order valence-corrected chi connectivity index (χ0v) is 18.2. The number of aryl methyl sites for hydroxylation is 1. The standard InChI is InChI=1S/C21H26Cl2N4O2/c1-12-11-29-21(19(12)24)6-8-27(9-7-21)20-16(10-28)26-18(13(2)25-20)14-4-3-5-15(22)17(14)23/h3-5,12,19,28H,6-11,24H2,1-2H3/t12-,19-/m1/s1. The highest BCUT2D eigenvalue weighted by Gasteiger charge is 2.48. The fourth-order valence-electron chi connectivity index (χ4n) is 4.43. The minimum Gasteiger partial charge on any atom is -0.390 e. The van der Waals surface area contributed by atoms with Crippen LogP contribution in [0.4, 0.5) is 5.82 Å². The number of ether oxygens (including phenoxy) is 1. The third-order valence-corrected chi connectivity index (χ3v) is 7.06. The molecule has 156 valence electrons. The van der Waals surface area contributed by atoms with Crippen LogP contribution in [0.3, 0.4) is 0 Å². The van der Waals surface area contributed by atoms with Crippen molar-refractivity contribution in [3.8, 4) is 11.3 Å². The monoisotopic (exact) mass is 436 g/mol. The number of aromatic nitrogens is 2. The Morgan fingerprint density at radius 3 is 2.62 bits per heavy atom. The number of benzene rings is 1. The molecule has 2 atom stereocenters. The first-order chi connectivity index (χ1) is 13.9. The molecule has 8 heteroatoms. The number of hydrogen-bond donors (Lipinski definition) is 2. The fraction of sp³-hybridized carbons (Fsp3) is 0.524. The second kappa shape index (κ2) is 8.00. The van der Waals surface area contributed by atoms with E-state index in [9.17, 15) is 5.11 Å². The lowest BCUT2D eigenvalue weighted by Gasteiger charge is -2.42. The predicted octanol–water partition coefficient (Wildman–Crippen LogP) is 3.58. The average molecular weight is 437 g/mol. The van der Waals surface area contributed by atoms with Crippen molar-refractivity contribution in [3.05, 3.63) is 39.6 Å². The molecular formula is C21H26Cl2N4O2. The number of aliphatic hydroxyl groups is 1. The van der Waals surface area contributed by atoms with Crippen molar-refractivity contribution in [1.29, 1.82) is 0 Å². The number of nitrogens with zero attached hydrogens (tertiary/aromatic N) is 3. The van der Waals surface area contributed by atoms with Crippen LogP contribution in [0.15, 0.2) is 18.2 Å². The third-order valence-electron chi connectivity index (χ3n) is 6.24. The van der Waals surface area contributed by atoms with Crippen molar-refractivity contribution in [3.63, 3.8) is 0 Å². The minimum atomic E-state index is -0.244. The molecule has 2 aliphatic heterocycles. The first-order valence-corrected chi connectivity index (χ1v) is 10.7. The topological polar surface area (TPSA) is 84.5 Å². The molecule has 3 heterocycles. The quantitative estimate of drug-likeness (QED) is 0.764. The van der Waals surface area contributed by atoms with E-state index in [0.29, 0.717) is 38.7 Å². The van der Waals surface area contributed by atoms with Crippen molar-refractivity contribution in [1.82, 2.24) is 9.97 Å². The van der Waals surface area contributed by atoms with Gasteiger partial charge in [0.25, 0.3) is 0 Å². The van der Waals surface area contributed by atoms with Crippen molar-refractivity contribution >= 4 is 29.0 Å². The van der Waals surface area contributed by atoms with Gasteiger partial charge < -0.3 is 20.5 Å². The van der Waals surface area contributed by atoms with E-state index in [-0.39, 0.29) is 18.2 Å². The molecule has 1 aromatic carbocycles. The number of rotatable bonds is 3. The maximum atomic E-state index is 9.98. The largest absolute Gasteiger partial charge is 0.390 e. The Morgan fingerprint density at radius 2 is 2.00 bits per heavy atom. The van der Waals surface area contributed by atoms with Crippen LogP contribution in [0.25, 0.3) is 11.3 Å². The molecule has 2 saturated heterocycles. The Morgan fingerprint density at radius 1 is 1.28 bits per heavy atom. The van der Waals surface area contributed by atoms with Crippen LogP contribution in [-0.2, 0) is 11.3 Å². The highest BCUT2D eigenvalue weighted by Crippen LogP contribution is 2.40. The van der Waals surface area contributed by atoms with E-state index in [2.05, 4.69) is 11.8 Å². The average Bonchev–Trinajstić information content (AvgIpc) is 2.99. The summed E-state index contributed by atoms with van der Waals surface area (Å²) in [6, 6.07) is 5.48. The van der Waals surface area contributed by atoms with E-state index in [4.69, 9.17) is 43.6 Å². The number of hydrogen-bond acceptors (Lipinski definition) is 6. The molecule has 0 saturated carbocycles. The lowest BCUT2D eigenvalue weighted by Crippen LogP contribution is -2.54. The van der Waals surface area contributed by atoms with E-state index in [1.54, 1.807) is 6.07 Å². The summed E-state index contributed by atoms with van der Waals surface area (Å²) in [7, 11) is 0. The first-order valence-electron chi connectivity index (χ1n) is 9.93. The summed E-state index contributed by atoms with van der Waals surface area (Å²) in [4.78, 5) is 11.7. The lowest BCUT2D eigenvalue weighted by atomic mass is 9.81. The Kier molecular flexibility index (Phi) is 5.75. The van der Waals surface area contributed by atoms with Gasteiger partial charge in [-0.2, -0.15) is 0 Å². The molecule has 3 N–H and O–H groups in total. The Hall–Kier alpha value is -1.44. The van der Waals surface area contributed by atoms with E-state index in [1.807, 2.05) is 19.1 Å². The van der Waals surface area contributed by atoms with Gasteiger partial charge in [0.05, 0.1) is 40.2 Å². The molecule has 0 unspecified atom stereocenters. The Bertz CT molecular complexity index is 916. The molecule has 2 aromatic rings. The maximum absolute atomic E-state index is 9.98. The highest BCUT2D eigenvalue weighted by atomic mass is 35.5. The van der Waals surface area contributed by atoms with Gasteiger partial charge in [-0.3, -0.25) is 0 Å². The highest BCUT2D eigenvalue weighted by molar-refractivity contribution is 6.43. The molecule has 2 fully saturated rings. The molecule has 0 bridgehead atoms. The molecule has 6 nitrogen and oxygen atoms in total. The van der Waals surface area contributed by atoms with Crippen molar-refractivity contribution in [2.45, 2.75) is 44.9 Å². The van der Waals surface area contributed by atoms with Gasteiger partial charge in [0.2, 0.25) is 0 Å². The second-order valence-electron chi connectivity index (χ2n) is 8.05. The van der Waals surface area contributed by atoms with E-state index < -0.39 is 0 Å². The lowest BCUT2D eigenvalue weighted by molar-refractivity contribution is -0.0232. The second-order valence-corrected chi connectivity index (χ2v) is 8.84. The molecule has 0 amide bonds. The molecule has 2 aliphatic rings. The molecule has 1 spiro atoms. The number of anilines is 1. The fourth-order valence-corrected chi connectivity index (χ4v) is 4.82. The van der Waals surface area contributed by atoms with Crippen molar-refractivity contribution in [2.24, 2.45) is 11.7 Å². The smallest absolute Gasteiger partial charge is 0.153 e.